The summed E-state index contributed by atoms with van der Waals surface area (Å²) in [6.45, 7) is 2.99. The number of aromatic nitrogens is 2. The van der Waals surface area contributed by atoms with Crippen molar-refractivity contribution >= 4 is 38.4 Å². The zero-order valence-electron chi connectivity index (χ0n) is 17.7. The number of hydrogen-bond acceptors (Lipinski definition) is 3. The molecule has 1 unspecified atom stereocenters. The molecule has 1 aliphatic rings. The van der Waals surface area contributed by atoms with E-state index in [2.05, 4.69) is 15.9 Å². The van der Waals surface area contributed by atoms with Gasteiger partial charge in [-0.15, -0.1) is 0 Å². The van der Waals surface area contributed by atoms with E-state index in [1.807, 2.05) is 84.6 Å². The maximum Gasteiger partial charge on any atom is 0.261 e. The second-order valence-corrected chi connectivity index (χ2v) is 8.88. The molecular weight excluding hydrogens is 466 g/mol. The van der Waals surface area contributed by atoms with Crippen molar-refractivity contribution in [2.75, 3.05) is 11.4 Å². The van der Waals surface area contributed by atoms with Crippen LogP contribution in [0.4, 0.5) is 5.69 Å². The molecule has 1 amide bonds. The highest BCUT2D eigenvalue weighted by atomic mass is 79.9. The highest BCUT2D eigenvalue weighted by Crippen LogP contribution is 2.40. The van der Waals surface area contributed by atoms with Crippen molar-refractivity contribution in [2.45, 2.75) is 25.8 Å². The molecule has 2 heterocycles. The van der Waals surface area contributed by atoms with Crippen LogP contribution in [0, 0.1) is 0 Å². The molecule has 4 aromatic rings. The second kappa shape index (κ2) is 8.36. The van der Waals surface area contributed by atoms with Crippen molar-refractivity contribution in [3.05, 3.63) is 105 Å². The van der Waals surface area contributed by atoms with Crippen LogP contribution >= 0.6 is 15.9 Å². The monoisotopic (exact) mass is 487 g/mol. The molecule has 0 N–H and O–H groups in total. The Hall–Kier alpha value is -3.25. The fraction of sp³-hybridized carbons (Fsp3) is 0.192. The van der Waals surface area contributed by atoms with Crippen LogP contribution < -0.4 is 10.5 Å². The molecule has 0 saturated heterocycles. The number of para-hydroxylation sites is 1. The Morgan fingerprint density at radius 3 is 2.50 bits per heavy atom. The van der Waals surface area contributed by atoms with E-state index in [1.54, 1.807) is 4.57 Å². The number of hydrogen-bond donors (Lipinski definition) is 0. The number of amides is 1. The summed E-state index contributed by atoms with van der Waals surface area (Å²) < 4.78 is 2.65. The Balaban J connectivity index is 1.64. The topological polar surface area (TPSA) is 55.2 Å². The third kappa shape index (κ3) is 3.54. The summed E-state index contributed by atoms with van der Waals surface area (Å²) in [5.41, 5.74) is 3.50. The lowest BCUT2D eigenvalue weighted by Gasteiger charge is -2.17. The number of carbonyl (C=O) groups is 1. The first-order valence-corrected chi connectivity index (χ1v) is 11.5. The molecule has 6 heteroatoms. The predicted molar refractivity (Wildman–Crippen MR) is 130 cm³/mol. The number of benzene rings is 3. The summed E-state index contributed by atoms with van der Waals surface area (Å²) >= 11 is 3.54. The summed E-state index contributed by atoms with van der Waals surface area (Å²) in [5.74, 6) is 0.298. The van der Waals surface area contributed by atoms with Crippen molar-refractivity contribution in [1.29, 1.82) is 0 Å². The van der Waals surface area contributed by atoms with Gasteiger partial charge in [-0.2, -0.15) is 0 Å². The van der Waals surface area contributed by atoms with Gasteiger partial charge in [-0.3, -0.25) is 14.2 Å². The minimum absolute atomic E-state index is 0.0502. The number of rotatable bonds is 5. The zero-order chi connectivity index (χ0) is 22.2. The summed E-state index contributed by atoms with van der Waals surface area (Å²) in [6, 6.07) is 23.2. The molecule has 1 atom stereocenters. The van der Waals surface area contributed by atoms with E-state index in [0.29, 0.717) is 36.2 Å². The molecule has 0 saturated carbocycles. The third-order valence-corrected chi connectivity index (χ3v) is 6.54. The minimum Gasteiger partial charge on any atom is -0.312 e. The van der Waals surface area contributed by atoms with Crippen LogP contribution in [0.3, 0.4) is 0 Å². The number of fused-ring (bicyclic) bond motifs is 2. The van der Waals surface area contributed by atoms with Gasteiger partial charge in [0.25, 0.3) is 5.56 Å². The van der Waals surface area contributed by atoms with Gasteiger partial charge in [0.2, 0.25) is 5.91 Å². The van der Waals surface area contributed by atoms with Crippen molar-refractivity contribution in [3.8, 4) is 0 Å². The first-order valence-electron chi connectivity index (χ1n) is 10.7. The number of nitrogens with zero attached hydrogens (tertiary/aromatic N) is 3. The Bertz CT molecular complexity index is 1380. The molecule has 3 aromatic carbocycles. The molecule has 0 radical (unpaired) electrons. The van der Waals surface area contributed by atoms with Gasteiger partial charge in [-0.25, -0.2) is 4.98 Å². The van der Waals surface area contributed by atoms with Gasteiger partial charge in [0.05, 0.1) is 23.4 Å². The van der Waals surface area contributed by atoms with Crippen LogP contribution in [-0.4, -0.2) is 22.0 Å². The van der Waals surface area contributed by atoms with E-state index in [4.69, 9.17) is 4.98 Å². The SMILES string of the molecule is CCN1C(=O)C(Cc2nc3ccccc3c(=O)n2Cc2ccccc2)c2cc(Br)ccc21. The molecule has 32 heavy (non-hydrogen) atoms. The molecule has 5 nitrogen and oxygen atoms in total. The number of carbonyl (C=O) groups excluding carboxylic acids is 1. The van der Waals surface area contributed by atoms with Gasteiger partial charge >= 0.3 is 0 Å². The molecule has 160 valence electrons. The van der Waals surface area contributed by atoms with Gasteiger partial charge in [0, 0.05) is 23.1 Å². The van der Waals surface area contributed by atoms with Crippen LogP contribution in [0.2, 0.25) is 0 Å². The van der Waals surface area contributed by atoms with E-state index in [-0.39, 0.29) is 17.4 Å². The number of anilines is 1. The quantitative estimate of drug-likeness (QED) is 0.402. The average Bonchev–Trinajstić information content (AvgIpc) is 3.07. The van der Waals surface area contributed by atoms with Gasteiger partial charge in [0.1, 0.15) is 5.82 Å². The molecular formula is C26H22BrN3O2. The normalized spacial score (nSPS) is 15.4. The molecule has 5 rings (SSSR count). The van der Waals surface area contributed by atoms with E-state index >= 15 is 0 Å². The molecule has 0 spiro atoms. The van der Waals surface area contributed by atoms with Crippen molar-refractivity contribution in [3.63, 3.8) is 0 Å². The van der Waals surface area contributed by atoms with E-state index < -0.39 is 0 Å². The van der Waals surface area contributed by atoms with Crippen LogP contribution in [0.25, 0.3) is 10.9 Å². The molecule has 1 aliphatic heterocycles. The Morgan fingerprint density at radius 2 is 1.72 bits per heavy atom. The minimum atomic E-state index is -0.377. The zero-order valence-corrected chi connectivity index (χ0v) is 19.2. The Morgan fingerprint density at radius 1 is 0.969 bits per heavy atom. The Kier molecular flexibility index (Phi) is 5.39. The lowest BCUT2D eigenvalue weighted by molar-refractivity contribution is -0.119. The summed E-state index contributed by atoms with van der Waals surface area (Å²) in [5, 5.41) is 0.586. The fourth-order valence-corrected chi connectivity index (χ4v) is 4.87. The molecule has 0 aliphatic carbocycles. The van der Waals surface area contributed by atoms with E-state index in [9.17, 15) is 9.59 Å². The van der Waals surface area contributed by atoms with Gasteiger partial charge < -0.3 is 4.90 Å². The summed E-state index contributed by atoms with van der Waals surface area (Å²) in [7, 11) is 0. The highest BCUT2D eigenvalue weighted by Gasteiger charge is 2.37. The van der Waals surface area contributed by atoms with Crippen molar-refractivity contribution < 1.29 is 4.79 Å². The molecule has 0 fully saturated rings. The van der Waals surface area contributed by atoms with Crippen LogP contribution in [0.5, 0.6) is 0 Å². The van der Waals surface area contributed by atoms with Gasteiger partial charge in [-0.1, -0.05) is 58.4 Å². The van der Waals surface area contributed by atoms with E-state index in [1.165, 1.54) is 0 Å². The maximum atomic E-state index is 13.4. The van der Waals surface area contributed by atoms with Crippen LogP contribution in [0.15, 0.2) is 82.1 Å². The molecule has 0 bridgehead atoms. The lowest BCUT2D eigenvalue weighted by Crippen LogP contribution is -2.31. The largest absolute Gasteiger partial charge is 0.312 e. The Labute approximate surface area is 194 Å². The lowest BCUT2D eigenvalue weighted by atomic mass is 9.96. The average molecular weight is 488 g/mol. The highest BCUT2D eigenvalue weighted by molar-refractivity contribution is 9.10. The standard InChI is InChI=1S/C26H22BrN3O2/c1-2-29-23-13-12-18(27)14-20(23)21(26(29)32)15-24-28-22-11-7-6-10-19(22)25(31)30(24)16-17-8-4-3-5-9-17/h3-14,21H,2,15-16H2,1H3. The van der Waals surface area contributed by atoms with Crippen molar-refractivity contribution in [2.24, 2.45) is 0 Å². The maximum absolute atomic E-state index is 13.4. The second-order valence-electron chi connectivity index (χ2n) is 7.96. The smallest absolute Gasteiger partial charge is 0.261 e. The fourth-order valence-electron chi connectivity index (χ4n) is 4.50. The van der Waals surface area contributed by atoms with Gasteiger partial charge in [-0.05, 0) is 48.4 Å². The number of halogens is 1. The number of likely N-dealkylation sites (N-methyl/N-ethyl adjacent to an activating group) is 1. The summed E-state index contributed by atoms with van der Waals surface area (Å²) in [6.07, 6.45) is 0.367. The van der Waals surface area contributed by atoms with Crippen LogP contribution in [0.1, 0.15) is 29.8 Å². The van der Waals surface area contributed by atoms with E-state index in [0.717, 1.165) is 21.3 Å². The third-order valence-electron chi connectivity index (χ3n) is 6.05. The predicted octanol–water partition coefficient (Wildman–Crippen LogP) is 4.90. The summed E-state index contributed by atoms with van der Waals surface area (Å²) in [4.78, 5) is 33.4. The van der Waals surface area contributed by atoms with Crippen LogP contribution in [-0.2, 0) is 17.8 Å². The van der Waals surface area contributed by atoms with Gasteiger partial charge in [0.15, 0.2) is 0 Å². The first kappa shape index (κ1) is 20.6. The van der Waals surface area contributed by atoms with Crippen molar-refractivity contribution in [1.82, 2.24) is 9.55 Å². The molecule has 1 aromatic heterocycles. The first-order chi connectivity index (χ1) is 15.6.